The summed E-state index contributed by atoms with van der Waals surface area (Å²) < 4.78 is 86.4. The van der Waals surface area contributed by atoms with Crippen molar-refractivity contribution in [2.75, 3.05) is 13.7 Å². The van der Waals surface area contributed by atoms with Gasteiger partial charge in [0.05, 0.1) is 6.10 Å². The van der Waals surface area contributed by atoms with E-state index >= 15 is 0 Å². The first kappa shape index (κ1) is 24.6. The predicted octanol–water partition coefficient (Wildman–Crippen LogP) is -3.45. The van der Waals surface area contributed by atoms with Gasteiger partial charge in [-0.1, -0.05) is 6.92 Å². The molecule has 0 aromatic carbocycles. The minimum absolute atomic E-state index is 0. The standard InChI is InChI=1S/C10H20O11S2.Na/c1-4-5-18-7-6(2)19-10(17-3)9(21-23(14,15)16)8(7)20-22(11,12)13;/h6-10H,4-5H2,1-3H3,(H,11,12,13)(H,14,15,16);/q;+1/t6-,7-,8+,9+,10+;/m0./s1. The van der Waals surface area contributed by atoms with Crippen LogP contribution in [-0.2, 0) is 43.4 Å². The van der Waals surface area contributed by atoms with Gasteiger partial charge in [-0.3, -0.25) is 9.11 Å². The Morgan fingerprint density at radius 3 is 1.92 bits per heavy atom. The molecule has 0 aliphatic carbocycles. The zero-order valence-corrected chi connectivity index (χ0v) is 17.3. The van der Waals surface area contributed by atoms with E-state index in [0.717, 1.165) is 7.11 Å². The van der Waals surface area contributed by atoms with Crippen molar-refractivity contribution in [3.05, 3.63) is 0 Å². The molecule has 2 N–H and O–H groups in total. The monoisotopic (exact) mass is 403 g/mol. The average molecular weight is 403 g/mol. The Balaban J connectivity index is 0.00000529. The topological polar surface area (TPSA) is 155 Å². The Bertz CT molecular complexity index is 578. The van der Waals surface area contributed by atoms with Gasteiger partial charge in [-0.05, 0) is 13.3 Å². The van der Waals surface area contributed by atoms with Gasteiger partial charge in [-0.2, -0.15) is 16.8 Å². The van der Waals surface area contributed by atoms with Crippen LogP contribution in [0.4, 0.5) is 0 Å². The first-order valence-corrected chi connectivity index (χ1v) is 9.32. The maximum atomic E-state index is 11.1. The third-order valence-electron chi connectivity index (χ3n) is 2.94. The van der Waals surface area contributed by atoms with Crippen LogP contribution in [0.25, 0.3) is 0 Å². The number of ether oxygens (including phenoxy) is 3. The molecule has 0 unspecified atom stereocenters. The number of hydrogen-bond donors (Lipinski definition) is 2. The Morgan fingerprint density at radius 2 is 1.50 bits per heavy atom. The predicted molar refractivity (Wildman–Crippen MR) is 74.2 cm³/mol. The van der Waals surface area contributed by atoms with Gasteiger partial charge in [0.15, 0.2) is 12.4 Å². The molecule has 0 aromatic rings. The molecule has 11 nitrogen and oxygen atoms in total. The van der Waals surface area contributed by atoms with E-state index in [9.17, 15) is 16.8 Å². The van der Waals surface area contributed by atoms with Crippen LogP contribution < -0.4 is 29.6 Å². The zero-order chi connectivity index (χ0) is 17.8. The Labute approximate surface area is 163 Å². The SMILES string of the molecule is CCCO[C@@H]1[C@@H](OS(=O)(=O)O)[C@@H](OS(=O)(=O)O)[C@H](OC)O[C@H]1C.[Na+]. The largest absolute Gasteiger partial charge is 1.00 e. The first-order chi connectivity index (χ1) is 10.5. The fraction of sp³-hybridized carbons (Fsp3) is 1.00. The second-order valence-corrected chi connectivity index (χ2v) is 6.85. The van der Waals surface area contributed by atoms with Crippen LogP contribution >= 0.6 is 0 Å². The normalized spacial score (nSPS) is 31.5. The van der Waals surface area contributed by atoms with Crippen LogP contribution in [0.15, 0.2) is 0 Å². The molecule has 0 saturated carbocycles. The van der Waals surface area contributed by atoms with E-state index in [-0.39, 0.29) is 36.2 Å². The quantitative estimate of drug-likeness (QED) is 0.307. The van der Waals surface area contributed by atoms with Crippen molar-refractivity contribution in [2.24, 2.45) is 0 Å². The molecule has 1 saturated heterocycles. The minimum atomic E-state index is -4.99. The van der Waals surface area contributed by atoms with Gasteiger partial charge in [-0.25, -0.2) is 8.37 Å². The van der Waals surface area contributed by atoms with Gasteiger partial charge in [0.25, 0.3) is 0 Å². The molecule has 138 valence electrons. The second kappa shape index (κ2) is 10.1. The number of hydrogen-bond acceptors (Lipinski definition) is 9. The summed E-state index contributed by atoms with van der Waals surface area (Å²) in [4.78, 5) is 0. The minimum Gasteiger partial charge on any atom is -0.373 e. The molecular formula is C10H20NaO11S2+. The fourth-order valence-corrected chi connectivity index (χ4v) is 3.12. The van der Waals surface area contributed by atoms with E-state index in [4.69, 9.17) is 23.3 Å². The van der Waals surface area contributed by atoms with Crippen LogP contribution in [0, 0.1) is 0 Å². The van der Waals surface area contributed by atoms with E-state index < -0.39 is 51.5 Å². The Hall–Kier alpha value is 0.620. The van der Waals surface area contributed by atoms with Gasteiger partial charge >= 0.3 is 50.4 Å². The molecule has 5 atom stereocenters. The van der Waals surface area contributed by atoms with E-state index in [2.05, 4.69) is 8.37 Å². The molecule has 0 aromatic heterocycles. The van der Waals surface area contributed by atoms with Crippen LogP contribution in [0.5, 0.6) is 0 Å². The van der Waals surface area contributed by atoms with Gasteiger partial charge < -0.3 is 14.2 Å². The van der Waals surface area contributed by atoms with Crippen LogP contribution in [0.2, 0.25) is 0 Å². The Morgan fingerprint density at radius 1 is 1.00 bits per heavy atom. The van der Waals surface area contributed by atoms with Crippen molar-refractivity contribution in [1.29, 1.82) is 0 Å². The summed E-state index contributed by atoms with van der Waals surface area (Å²) in [5.74, 6) is 0. The average Bonchev–Trinajstić information content (AvgIpc) is 2.38. The molecule has 1 heterocycles. The third-order valence-corrected chi connectivity index (χ3v) is 3.87. The maximum Gasteiger partial charge on any atom is 1.00 e. The zero-order valence-electron chi connectivity index (χ0n) is 13.7. The van der Waals surface area contributed by atoms with E-state index in [1.165, 1.54) is 6.92 Å². The van der Waals surface area contributed by atoms with Crippen molar-refractivity contribution in [2.45, 2.75) is 51.0 Å². The van der Waals surface area contributed by atoms with Gasteiger partial charge in [0, 0.05) is 13.7 Å². The second-order valence-electron chi connectivity index (χ2n) is 4.76. The van der Waals surface area contributed by atoms with Gasteiger partial charge in [0.2, 0.25) is 0 Å². The third kappa shape index (κ3) is 7.88. The smallest absolute Gasteiger partial charge is 0.373 e. The van der Waals surface area contributed by atoms with Crippen LogP contribution in [0.3, 0.4) is 0 Å². The summed E-state index contributed by atoms with van der Waals surface area (Å²) in [6, 6.07) is 0. The van der Waals surface area contributed by atoms with Crippen LogP contribution in [-0.4, -0.2) is 70.4 Å². The molecule has 24 heavy (non-hydrogen) atoms. The van der Waals surface area contributed by atoms with Gasteiger partial charge in [-0.15, -0.1) is 0 Å². The Kier molecular flexibility index (Phi) is 10.3. The summed E-state index contributed by atoms with van der Waals surface area (Å²) in [6.07, 6.45) is -6.06. The van der Waals surface area contributed by atoms with Crippen molar-refractivity contribution >= 4 is 20.8 Å². The van der Waals surface area contributed by atoms with Crippen molar-refractivity contribution in [1.82, 2.24) is 0 Å². The molecule has 0 amide bonds. The number of rotatable bonds is 8. The molecule has 1 aliphatic rings. The van der Waals surface area contributed by atoms with Crippen molar-refractivity contribution < 1.29 is 78.1 Å². The summed E-state index contributed by atoms with van der Waals surface area (Å²) in [5, 5.41) is 0. The molecule has 0 spiro atoms. The van der Waals surface area contributed by atoms with Crippen LogP contribution in [0.1, 0.15) is 20.3 Å². The maximum absolute atomic E-state index is 11.1. The summed E-state index contributed by atoms with van der Waals surface area (Å²) in [6.45, 7) is 3.48. The van der Waals surface area contributed by atoms with E-state index in [0.29, 0.717) is 6.42 Å². The van der Waals surface area contributed by atoms with E-state index in [1.807, 2.05) is 0 Å². The molecule has 1 fully saturated rings. The van der Waals surface area contributed by atoms with Crippen molar-refractivity contribution in [3.8, 4) is 0 Å². The molecule has 14 heteroatoms. The first-order valence-electron chi connectivity index (χ1n) is 6.59. The molecular weight excluding hydrogens is 383 g/mol. The molecule has 1 rings (SSSR count). The fourth-order valence-electron chi connectivity index (χ4n) is 2.14. The van der Waals surface area contributed by atoms with Crippen molar-refractivity contribution in [3.63, 3.8) is 0 Å². The molecule has 0 bridgehead atoms. The summed E-state index contributed by atoms with van der Waals surface area (Å²) in [7, 11) is -8.81. The van der Waals surface area contributed by atoms with Gasteiger partial charge in [0.1, 0.15) is 12.2 Å². The molecule has 1 aliphatic heterocycles. The van der Waals surface area contributed by atoms with E-state index in [1.54, 1.807) is 6.92 Å². The summed E-state index contributed by atoms with van der Waals surface area (Å²) >= 11 is 0. The number of methoxy groups -OCH3 is 1. The molecule has 0 radical (unpaired) electrons. The summed E-state index contributed by atoms with van der Waals surface area (Å²) in [5.41, 5.74) is 0.